The van der Waals surface area contributed by atoms with Crippen LogP contribution in [-0.4, -0.2) is 14.1 Å². The Morgan fingerprint density at radius 1 is 0.771 bits per heavy atom. The zero-order chi connectivity index (χ0) is 32.9. The van der Waals surface area contributed by atoms with Gasteiger partial charge in [0.05, 0.1) is 5.69 Å². The van der Waals surface area contributed by atoms with Crippen molar-refractivity contribution >= 4 is 21.8 Å². The van der Waals surface area contributed by atoms with E-state index in [4.69, 9.17) is 9.72 Å². The number of imidazole rings is 1. The summed E-state index contributed by atoms with van der Waals surface area (Å²) >= 11 is 0. The maximum absolute atomic E-state index is 6.41. The minimum Gasteiger partial charge on any atom is -0.510 e. The third-order valence-corrected chi connectivity index (χ3v) is 8.78. The molecule has 7 aromatic rings. The van der Waals surface area contributed by atoms with Crippen LogP contribution in [0.15, 0.2) is 104 Å². The smallest absolute Gasteiger partial charge is 0.267 e. The SMILES string of the molecule is CC(C)c1cc(C(C)C)cc(-[n+]2[c-]n(-c3[c-]c(Oc4[c-]c5c(cc4)c4ccccc4n5-c4cc(C(C)(C)C)ccn4)ccc3)cc2)c1.[Pt]. The maximum Gasteiger partial charge on any atom is 0.267 e. The Kier molecular flexibility index (Phi) is 9.20. The Morgan fingerprint density at radius 2 is 1.50 bits per heavy atom. The van der Waals surface area contributed by atoms with Crippen molar-refractivity contribution in [3.8, 4) is 28.7 Å². The van der Waals surface area contributed by atoms with Gasteiger partial charge in [-0.25, -0.2) is 4.98 Å². The first-order chi connectivity index (χ1) is 22.5. The normalized spacial score (nSPS) is 11.9. The number of hydrogen-bond donors (Lipinski definition) is 0. The molecule has 0 spiro atoms. The number of hydrogen-bond acceptors (Lipinski definition) is 2. The van der Waals surface area contributed by atoms with Crippen LogP contribution in [0, 0.1) is 18.5 Å². The van der Waals surface area contributed by atoms with Gasteiger partial charge in [-0.3, -0.25) is 4.57 Å². The van der Waals surface area contributed by atoms with Gasteiger partial charge in [0.15, 0.2) is 0 Å². The van der Waals surface area contributed by atoms with E-state index >= 15 is 0 Å². The molecule has 0 saturated carbocycles. The monoisotopic (exact) mass is 811 g/mol. The molecule has 246 valence electrons. The Balaban J connectivity index is 0.00000401. The topological polar surface area (TPSA) is 35.9 Å². The van der Waals surface area contributed by atoms with E-state index in [2.05, 4.69) is 132 Å². The largest absolute Gasteiger partial charge is 0.510 e. The molecule has 0 aliphatic rings. The minimum atomic E-state index is 0. The molecule has 0 fully saturated rings. The summed E-state index contributed by atoms with van der Waals surface area (Å²) in [6.07, 6.45) is 9.41. The van der Waals surface area contributed by atoms with Gasteiger partial charge in [-0.1, -0.05) is 78.2 Å². The van der Waals surface area contributed by atoms with Crippen molar-refractivity contribution in [1.29, 1.82) is 0 Å². The van der Waals surface area contributed by atoms with Gasteiger partial charge in [-0.05, 0) is 75.3 Å². The van der Waals surface area contributed by atoms with Crippen molar-refractivity contribution < 1.29 is 30.4 Å². The van der Waals surface area contributed by atoms with E-state index in [0.717, 1.165) is 39.0 Å². The van der Waals surface area contributed by atoms with Crippen molar-refractivity contribution in [3.63, 3.8) is 0 Å². The van der Waals surface area contributed by atoms with E-state index in [0.29, 0.717) is 23.3 Å². The van der Waals surface area contributed by atoms with Gasteiger partial charge in [0.25, 0.3) is 6.33 Å². The molecule has 4 aromatic carbocycles. The van der Waals surface area contributed by atoms with Crippen molar-refractivity contribution in [2.45, 2.75) is 65.7 Å². The fourth-order valence-electron chi connectivity index (χ4n) is 5.99. The zero-order valence-corrected chi connectivity index (χ0v) is 30.8. The second kappa shape index (κ2) is 13.2. The quantitative estimate of drug-likeness (QED) is 0.119. The molecule has 0 unspecified atom stereocenters. The molecule has 6 heteroatoms. The number of nitrogens with zero attached hydrogens (tertiary/aromatic N) is 4. The van der Waals surface area contributed by atoms with Crippen LogP contribution >= 0.6 is 0 Å². The predicted molar refractivity (Wildman–Crippen MR) is 189 cm³/mol. The third kappa shape index (κ3) is 6.49. The number of ether oxygens (including phenoxy) is 1. The number of pyridine rings is 1. The molecule has 3 aromatic heterocycles. The fourth-order valence-corrected chi connectivity index (χ4v) is 5.99. The van der Waals surface area contributed by atoms with E-state index in [9.17, 15) is 0 Å². The number of aromatic nitrogens is 4. The van der Waals surface area contributed by atoms with Crippen molar-refractivity contribution in [3.05, 3.63) is 139 Å². The summed E-state index contributed by atoms with van der Waals surface area (Å²) in [5.41, 5.74) is 7.82. The molecule has 3 heterocycles. The van der Waals surface area contributed by atoms with Crippen LogP contribution < -0.4 is 9.30 Å². The standard InChI is InChI=1S/C42H40N4O.Pt/c1-28(2)30-21-31(29(3)4)23-34(22-30)45-20-19-44(27-45)33-11-10-12-35(25-33)47-36-15-16-38-37-13-8-9-14-39(37)46(40(38)26-36)41-24-32(17-18-43-41)42(5,6)7;/h8-24,28-29H,1-7H3;/q-2;. The van der Waals surface area contributed by atoms with Gasteiger partial charge in [0, 0.05) is 56.7 Å². The van der Waals surface area contributed by atoms with Crippen LogP contribution in [0.2, 0.25) is 0 Å². The number of para-hydroxylation sites is 1. The Bertz CT molecular complexity index is 2210. The Labute approximate surface area is 298 Å². The van der Waals surface area contributed by atoms with E-state index in [1.807, 2.05) is 52.0 Å². The van der Waals surface area contributed by atoms with E-state index < -0.39 is 0 Å². The fraction of sp³-hybridized carbons (Fsp3) is 0.238. The van der Waals surface area contributed by atoms with Gasteiger partial charge in [0.1, 0.15) is 5.82 Å². The summed E-state index contributed by atoms with van der Waals surface area (Å²) in [5, 5.41) is 2.25. The molecule has 0 amide bonds. The van der Waals surface area contributed by atoms with Gasteiger partial charge < -0.3 is 13.9 Å². The van der Waals surface area contributed by atoms with Gasteiger partial charge in [-0.15, -0.1) is 29.7 Å². The van der Waals surface area contributed by atoms with Gasteiger partial charge in [-0.2, -0.15) is 18.2 Å². The zero-order valence-electron chi connectivity index (χ0n) is 28.5. The maximum atomic E-state index is 6.41. The molecule has 48 heavy (non-hydrogen) atoms. The van der Waals surface area contributed by atoms with Gasteiger partial charge >= 0.3 is 0 Å². The van der Waals surface area contributed by atoms with Crippen molar-refractivity contribution in [2.75, 3.05) is 0 Å². The third-order valence-electron chi connectivity index (χ3n) is 8.78. The number of fused-ring (bicyclic) bond motifs is 3. The molecule has 0 bridgehead atoms. The van der Waals surface area contributed by atoms with Crippen molar-refractivity contribution in [2.24, 2.45) is 0 Å². The first-order valence-corrected chi connectivity index (χ1v) is 16.4. The van der Waals surface area contributed by atoms with Crippen molar-refractivity contribution in [1.82, 2.24) is 14.1 Å². The van der Waals surface area contributed by atoms with Crippen LogP contribution in [0.3, 0.4) is 0 Å². The first kappa shape index (κ1) is 33.4. The van der Waals surface area contributed by atoms with E-state index in [1.165, 1.54) is 16.7 Å². The molecule has 0 atom stereocenters. The first-order valence-electron chi connectivity index (χ1n) is 16.4. The molecule has 0 radical (unpaired) electrons. The molecule has 0 N–H and O–H groups in total. The van der Waals surface area contributed by atoms with E-state index in [1.54, 1.807) is 0 Å². The molecular weight excluding hydrogens is 772 g/mol. The summed E-state index contributed by atoms with van der Waals surface area (Å²) in [7, 11) is 0. The average Bonchev–Trinajstić information content (AvgIpc) is 3.68. The molecule has 7 rings (SSSR count). The Morgan fingerprint density at radius 3 is 2.23 bits per heavy atom. The second-order valence-electron chi connectivity index (χ2n) is 13.9. The Hall–Kier alpha value is -4.47. The van der Waals surface area contributed by atoms with E-state index in [-0.39, 0.29) is 26.5 Å². The summed E-state index contributed by atoms with van der Waals surface area (Å²) in [5.74, 6) is 2.96. The molecule has 0 aliphatic heterocycles. The minimum absolute atomic E-state index is 0. The molecule has 0 aliphatic carbocycles. The van der Waals surface area contributed by atoms with Crippen LogP contribution in [0.5, 0.6) is 11.5 Å². The summed E-state index contributed by atoms with van der Waals surface area (Å²) in [6, 6.07) is 36.5. The number of benzene rings is 4. The molecule has 0 saturated heterocycles. The van der Waals surface area contributed by atoms with Gasteiger partial charge in [0.2, 0.25) is 0 Å². The molecule has 5 nitrogen and oxygen atoms in total. The second-order valence-corrected chi connectivity index (χ2v) is 13.9. The summed E-state index contributed by atoms with van der Waals surface area (Å²) < 4.78 is 12.6. The average molecular weight is 812 g/mol. The summed E-state index contributed by atoms with van der Waals surface area (Å²) in [4.78, 5) is 4.79. The van der Waals surface area contributed by atoms with Crippen LogP contribution in [0.4, 0.5) is 0 Å². The number of rotatable bonds is 7. The van der Waals surface area contributed by atoms with Crippen LogP contribution in [0.25, 0.3) is 39.0 Å². The van der Waals surface area contributed by atoms with Crippen LogP contribution in [-0.2, 0) is 26.5 Å². The van der Waals surface area contributed by atoms with Crippen LogP contribution in [0.1, 0.15) is 77.0 Å². The molecular formula is C42H40N4OPt-2. The summed E-state index contributed by atoms with van der Waals surface area (Å²) in [6.45, 7) is 15.6. The predicted octanol–water partition coefficient (Wildman–Crippen LogP) is 9.98.